The van der Waals surface area contributed by atoms with Crippen molar-refractivity contribution in [2.24, 2.45) is 0 Å². The fraction of sp³-hybridized carbons (Fsp3) is 0.154. The predicted octanol–water partition coefficient (Wildman–Crippen LogP) is 5.10. The van der Waals surface area contributed by atoms with E-state index in [0.29, 0.717) is 5.69 Å². The molecule has 0 spiro atoms. The topological polar surface area (TPSA) is 63.1 Å². The second kappa shape index (κ2) is 9.80. The first-order valence-corrected chi connectivity index (χ1v) is 10.2. The van der Waals surface area contributed by atoms with Crippen LogP contribution >= 0.6 is 0 Å². The van der Waals surface area contributed by atoms with Gasteiger partial charge in [0.25, 0.3) is 5.91 Å². The third-order valence-corrected chi connectivity index (χ3v) is 4.97. The monoisotopic (exact) mass is 429 g/mol. The molecule has 0 saturated heterocycles. The molecule has 5 nitrogen and oxygen atoms in total. The molecule has 0 aliphatic heterocycles. The van der Waals surface area contributed by atoms with Crippen LogP contribution in [0.4, 0.5) is 15.8 Å². The number of aromatic nitrogens is 1. The number of hydrogen-bond acceptors (Lipinski definition) is 2. The molecule has 0 unspecified atom stereocenters. The Kier molecular flexibility index (Phi) is 6.91. The van der Waals surface area contributed by atoms with Gasteiger partial charge in [0.05, 0.1) is 5.57 Å². The van der Waals surface area contributed by atoms with Gasteiger partial charge in [-0.1, -0.05) is 12.8 Å². The second-order valence-electron chi connectivity index (χ2n) is 7.26. The Morgan fingerprint density at radius 2 is 1.66 bits per heavy atom. The minimum Gasteiger partial charge on any atom is -0.326 e. The highest BCUT2D eigenvalue weighted by Gasteiger charge is 2.14. The Labute approximate surface area is 187 Å². The van der Waals surface area contributed by atoms with Crippen molar-refractivity contribution in [2.75, 3.05) is 10.6 Å². The van der Waals surface area contributed by atoms with Crippen molar-refractivity contribution in [3.63, 3.8) is 0 Å². The number of amides is 2. The van der Waals surface area contributed by atoms with Gasteiger partial charge in [0, 0.05) is 35.4 Å². The fourth-order valence-electron chi connectivity index (χ4n) is 3.42. The van der Waals surface area contributed by atoms with E-state index in [9.17, 15) is 14.0 Å². The maximum absolute atomic E-state index is 13.1. The highest BCUT2D eigenvalue weighted by molar-refractivity contribution is 6.10. The Hall–Kier alpha value is -4.11. The van der Waals surface area contributed by atoms with Crippen LogP contribution in [0.1, 0.15) is 30.8 Å². The molecule has 0 saturated carbocycles. The van der Waals surface area contributed by atoms with E-state index in [1.165, 1.54) is 31.2 Å². The Morgan fingerprint density at radius 1 is 1.06 bits per heavy atom. The van der Waals surface area contributed by atoms with E-state index in [0.717, 1.165) is 34.7 Å². The first-order valence-electron chi connectivity index (χ1n) is 10.2. The van der Waals surface area contributed by atoms with Crippen LogP contribution < -0.4 is 10.6 Å². The van der Waals surface area contributed by atoms with Gasteiger partial charge < -0.3 is 15.2 Å². The quantitative estimate of drug-likeness (QED) is 0.423. The minimum absolute atomic E-state index is 0.128. The summed E-state index contributed by atoms with van der Waals surface area (Å²) >= 11 is 0. The molecule has 3 rings (SSSR count). The third kappa shape index (κ3) is 5.13. The largest absolute Gasteiger partial charge is 0.326 e. The van der Waals surface area contributed by atoms with E-state index in [2.05, 4.69) is 21.1 Å². The average molecular weight is 429 g/mol. The van der Waals surface area contributed by atoms with Gasteiger partial charge in [0.1, 0.15) is 5.82 Å². The number of anilines is 2. The average Bonchev–Trinajstić information content (AvgIpc) is 3.09. The van der Waals surface area contributed by atoms with Gasteiger partial charge in [0.2, 0.25) is 5.91 Å². The Balaban J connectivity index is 1.92. The molecule has 0 radical (unpaired) electrons. The van der Waals surface area contributed by atoms with E-state index >= 15 is 0 Å². The summed E-state index contributed by atoms with van der Waals surface area (Å²) in [5.41, 5.74) is 5.09. The number of nitrogens with one attached hydrogen (secondary N) is 2. The van der Waals surface area contributed by atoms with Crippen molar-refractivity contribution in [1.29, 1.82) is 0 Å². The molecule has 1 aromatic heterocycles. The number of terminal acetylenes is 1. The van der Waals surface area contributed by atoms with Gasteiger partial charge in [0.15, 0.2) is 0 Å². The summed E-state index contributed by atoms with van der Waals surface area (Å²) in [5, 5.41) is 5.45. The van der Waals surface area contributed by atoms with Crippen molar-refractivity contribution in [3.05, 3.63) is 82.9 Å². The number of nitrogens with zero attached hydrogens (tertiary/aromatic N) is 1. The molecule has 162 valence electrons. The van der Waals surface area contributed by atoms with Crippen LogP contribution in [0.3, 0.4) is 0 Å². The summed E-state index contributed by atoms with van der Waals surface area (Å²) in [6.45, 7) is 5.47. The van der Waals surface area contributed by atoms with E-state index in [1.54, 1.807) is 6.08 Å². The van der Waals surface area contributed by atoms with Crippen molar-refractivity contribution in [3.8, 4) is 18.0 Å². The zero-order valence-corrected chi connectivity index (χ0v) is 18.2. The molecule has 0 fully saturated rings. The lowest BCUT2D eigenvalue weighted by molar-refractivity contribution is -0.114. The van der Waals surface area contributed by atoms with Crippen LogP contribution in [0.25, 0.3) is 11.8 Å². The molecule has 3 aromatic rings. The smallest absolute Gasteiger partial charge is 0.264 e. The predicted molar refractivity (Wildman–Crippen MR) is 126 cm³/mol. The van der Waals surface area contributed by atoms with Crippen LogP contribution in [0.15, 0.2) is 60.2 Å². The fourth-order valence-corrected chi connectivity index (χ4v) is 3.42. The number of carbonyl (C=O) groups is 2. The number of benzene rings is 2. The van der Waals surface area contributed by atoms with Crippen LogP contribution in [0, 0.1) is 25.1 Å². The standard InChI is InChI=1S/C26H24FN3O2/c1-5-19(26(32)29-23-9-7-21(27)8-10-23)15-20-16-24(6-2)30(17(20)3)25-13-11-22(12-14-25)28-18(4)31/h1,7-16H,6H2,2-4H3,(H,28,31)(H,29,32)/b19-15+. The van der Waals surface area contributed by atoms with Gasteiger partial charge in [-0.25, -0.2) is 4.39 Å². The van der Waals surface area contributed by atoms with E-state index in [4.69, 9.17) is 6.42 Å². The van der Waals surface area contributed by atoms with E-state index < -0.39 is 5.91 Å². The van der Waals surface area contributed by atoms with Crippen LogP contribution in [-0.4, -0.2) is 16.4 Å². The zero-order chi connectivity index (χ0) is 23.3. The van der Waals surface area contributed by atoms with Gasteiger partial charge in [-0.3, -0.25) is 9.59 Å². The molecular formula is C26H24FN3O2. The number of hydrogen-bond donors (Lipinski definition) is 2. The van der Waals surface area contributed by atoms with Gasteiger partial charge >= 0.3 is 0 Å². The lowest BCUT2D eigenvalue weighted by Gasteiger charge is -2.12. The lowest BCUT2D eigenvalue weighted by atomic mass is 10.1. The molecule has 2 amide bonds. The van der Waals surface area contributed by atoms with Crippen LogP contribution in [0.5, 0.6) is 0 Å². The molecule has 0 atom stereocenters. The van der Waals surface area contributed by atoms with E-state index in [-0.39, 0.29) is 17.3 Å². The maximum Gasteiger partial charge on any atom is 0.264 e. The van der Waals surface area contributed by atoms with Crippen LogP contribution in [0.2, 0.25) is 0 Å². The number of aryl methyl sites for hydroxylation is 1. The summed E-state index contributed by atoms with van der Waals surface area (Å²) in [6.07, 6.45) is 8.06. The van der Waals surface area contributed by atoms with Crippen molar-refractivity contribution >= 4 is 29.3 Å². The number of carbonyl (C=O) groups excluding carboxylic acids is 2. The summed E-state index contributed by atoms with van der Waals surface area (Å²) < 4.78 is 15.2. The van der Waals surface area contributed by atoms with E-state index in [1.807, 2.05) is 44.2 Å². The summed E-state index contributed by atoms with van der Waals surface area (Å²) in [6, 6.07) is 15.0. The molecular weight excluding hydrogens is 405 g/mol. The molecule has 6 heteroatoms. The molecule has 32 heavy (non-hydrogen) atoms. The van der Waals surface area contributed by atoms with Gasteiger partial charge in [-0.15, -0.1) is 6.42 Å². The Morgan fingerprint density at radius 3 is 2.22 bits per heavy atom. The van der Waals surface area contributed by atoms with Crippen molar-refractivity contribution < 1.29 is 14.0 Å². The highest BCUT2D eigenvalue weighted by Crippen LogP contribution is 2.25. The second-order valence-corrected chi connectivity index (χ2v) is 7.26. The highest BCUT2D eigenvalue weighted by atomic mass is 19.1. The number of rotatable bonds is 6. The first kappa shape index (κ1) is 22.6. The van der Waals surface area contributed by atoms with Crippen LogP contribution in [-0.2, 0) is 16.0 Å². The zero-order valence-electron chi connectivity index (χ0n) is 18.2. The first-order chi connectivity index (χ1) is 15.3. The molecule has 2 N–H and O–H groups in total. The maximum atomic E-state index is 13.1. The van der Waals surface area contributed by atoms with Gasteiger partial charge in [-0.05, 0) is 79.6 Å². The van der Waals surface area contributed by atoms with Crippen molar-refractivity contribution in [1.82, 2.24) is 4.57 Å². The third-order valence-electron chi connectivity index (χ3n) is 4.97. The minimum atomic E-state index is -0.441. The number of halogens is 1. The summed E-state index contributed by atoms with van der Waals surface area (Å²) in [4.78, 5) is 23.9. The van der Waals surface area contributed by atoms with Crippen molar-refractivity contribution in [2.45, 2.75) is 27.2 Å². The SMILES string of the molecule is C#C/C(=C\c1cc(CC)n(-c2ccc(NC(C)=O)cc2)c1C)C(=O)Nc1ccc(F)cc1. The summed E-state index contributed by atoms with van der Waals surface area (Å²) in [7, 11) is 0. The van der Waals surface area contributed by atoms with Gasteiger partial charge in [-0.2, -0.15) is 0 Å². The Bertz CT molecular complexity index is 1210. The molecule has 0 aliphatic rings. The molecule has 0 bridgehead atoms. The normalized spacial score (nSPS) is 11.0. The molecule has 0 aliphatic carbocycles. The molecule has 2 aromatic carbocycles. The summed E-state index contributed by atoms with van der Waals surface area (Å²) in [5.74, 6) is 1.49. The molecule has 1 heterocycles. The lowest BCUT2D eigenvalue weighted by Crippen LogP contribution is -2.13.